The summed E-state index contributed by atoms with van der Waals surface area (Å²) in [6.07, 6.45) is 0. The molecule has 2 aromatic carbocycles. The van der Waals surface area contributed by atoms with Gasteiger partial charge < -0.3 is 5.32 Å². The second-order valence-electron chi connectivity index (χ2n) is 4.24. The fraction of sp³-hybridized carbons (Fsp3) is 0. The van der Waals surface area contributed by atoms with Gasteiger partial charge in [0.2, 0.25) is 0 Å². The normalized spacial score (nSPS) is 9.68. The molecule has 0 unspecified atom stereocenters. The van der Waals surface area contributed by atoms with Gasteiger partial charge in [0.1, 0.15) is 0 Å². The summed E-state index contributed by atoms with van der Waals surface area (Å²) in [6, 6.07) is 14.6. The van der Waals surface area contributed by atoms with Crippen LogP contribution in [0.2, 0.25) is 5.02 Å². The molecule has 0 heterocycles. The lowest BCUT2D eigenvalue weighted by Crippen LogP contribution is -2.44. The lowest BCUT2D eigenvalue weighted by Gasteiger charge is -2.09. The highest BCUT2D eigenvalue weighted by atomic mass is 35.5. The molecule has 0 saturated carbocycles. The molecular formula is C15H12ClN3O2S. The standard InChI is InChI=1S/C15H12ClN3O2S/c16-11-8-6-10(7-9-11)13(20)18-15(22)19-14(21)17-12-4-2-1-3-5-12/h1-9H,(H3,17,18,19,20,21,22). The molecular weight excluding hydrogens is 322 g/mol. The van der Waals surface area contributed by atoms with E-state index in [-0.39, 0.29) is 5.11 Å². The first kappa shape index (κ1) is 15.9. The molecule has 0 aromatic heterocycles. The number of para-hydroxylation sites is 1. The molecule has 0 fully saturated rings. The van der Waals surface area contributed by atoms with Gasteiger partial charge in [0.05, 0.1) is 0 Å². The minimum atomic E-state index is -0.535. The minimum Gasteiger partial charge on any atom is -0.308 e. The zero-order chi connectivity index (χ0) is 15.9. The lowest BCUT2D eigenvalue weighted by atomic mass is 10.2. The van der Waals surface area contributed by atoms with Gasteiger partial charge in [0.15, 0.2) is 5.11 Å². The number of nitrogens with one attached hydrogen (secondary N) is 3. The predicted molar refractivity (Wildman–Crippen MR) is 90.1 cm³/mol. The van der Waals surface area contributed by atoms with Crippen molar-refractivity contribution in [2.75, 3.05) is 5.32 Å². The molecule has 0 atom stereocenters. The van der Waals surface area contributed by atoms with Gasteiger partial charge in [0.25, 0.3) is 5.91 Å². The Morgan fingerprint density at radius 3 is 2.18 bits per heavy atom. The number of hydrogen-bond acceptors (Lipinski definition) is 3. The molecule has 5 nitrogen and oxygen atoms in total. The summed E-state index contributed by atoms with van der Waals surface area (Å²) in [5.41, 5.74) is 1.00. The van der Waals surface area contributed by atoms with Crippen LogP contribution < -0.4 is 16.0 Å². The number of benzene rings is 2. The number of amides is 3. The van der Waals surface area contributed by atoms with E-state index < -0.39 is 11.9 Å². The second kappa shape index (κ2) is 7.53. The van der Waals surface area contributed by atoms with Crippen molar-refractivity contribution < 1.29 is 9.59 Å². The van der Waals surface area contributed by atoms with Crippen molar-refractivity contribution in [1.82, 2.24) is 10.6 Å². The molecule has 2 aromatic rings. The van der Waals surface area contributed by atoms with Gasteiger partial charge in [-0.1, -0.05) is 29.8 Å². The van der Waals surface area contributed by atoms with E-state index >= 15 is 0 Å². The van der Waals surface area contributed by atoms with E-state index in [2.05, 4.69) is 16.0 Å². The summed E-state index contributed by atoms with van der Waals surface area (Å²) in [5.74, 6) is -0.429. The van der Waals surface area contributed by atoms with Gasteiger partial charge in [-0.2, -0.15) is 0 Å². The van der Waals surface area contributed by atoms with Gasteiger partial charge >= 0.3 is 6.03 Å². The summed E-state index contributed by atoms with van der Waals surface area (Å²) >= 11 is 10.7. The van der Waals surface area contributed by atoms with Crippen molar-refractivity contribution >= 4 is 46.6 Å². The van der Waals surface area contributed by atoms with Crippen molar-refractivity contribution in [2.45, 2.75) is 0 Å². The molecule has 3 N–H and O–H groups in total. The molecule has 0 spiro atoms. The fourth-order valence-electron chi connectivity index (χ4n) is 1.59. The number of carbonyl (C=O) groups excluding carboxylic acids is 2. The highest BCUT2D eigenvalue weighted by Crippen LogP contribution is 2.09. The highest BCUT2D eigenvalue weighted by molar-refractivity contribution is 7.80. The van der Waals surface area contributed by atoms with Gasteiger partial charge in [-0.25, -0.2) is 4.79 Å². The summed E-state index contributed by atoms with van der Waals surface area (Å²) < 4.78 is 0. The highest BCUT2D eigenvalue weighted by Gasteiger charge is 2.10. The maximum Gasteiger partial charge on any atom is 0.325 e. The van der Waals surface area contributed by atoms with E-state index in [0.29, 0.717) is 16.3 Å². The zero-order valence-electron chi connectivity index (χ0n) is 11.3. The van der Waals surface area contributed by atoms with Crippen molar-refractivity contribution in [3.63, 3.8) is 0 Å². The van der Waals surface area contributed by atoms with E-state index in [1.165, 1.54) is 0 Å². The minimum absolute atomic E-state index is 0.0895. The number of hydrogen-bond donors (Lipinski definition) is 3. The third-order valence-electron chi connectivity index (χ3n) is 2.59. The van der Waals surface area contributed by atoms with Gasteiger partial charge in [-0.15, -0.1) is 0 Å². The molecule has 0 aliphatic carbocycles. The monoisotopic (exact) mass is 333 g/mol. The van der Waals surface area contributed by atoms with Crippen LogP contribution in [0, 0.1) is 0 Å². The molecule has 112 valence electrons. The first-order chi connectivity index (χ1) is 10.5. The van der Waals surface area contributed by atoms with E-state index in [9.17, 15) is 9.59 Å². The van der Waals surface area contributed by atoms with Crippen LogP contribution in [0.25, 0.3) is 0 Å². The van der Waals surface area contributed by atoms with Crippen LogP contribution in [-0.4, -0.2) is 17.1 Å². The van der Waals surface area contributed by atoms with E-state index in [0.717, 1.165) is 0 Å². The molecule has 2 rings (SSSR count). The Morgan fingerprint density at radius 1 is 0.909 bits per heavy atom. The maximum atomic E-state index is 11.9. The van der Waals surface area contributed by atoms with Gasteiger partial charge in [-0.3, -0.25) is 15.4 Å². The first-order valence-corrected chi connectivity index (χ1v) is 7.07. The van der Waals surface area contributed by atoms with Crippen molar-refractivity contribution in [3.8, 4) is 0 Å². The Balaban J connectivity index is 1.86. The second-order valence-corrected chi connectivity index (χ2v) is 5.08. The smallest absolute Gasteiger partial charge is 0.308 e. The number of rotatable bonds is 2. The first-order valence-electron chi connectivity index (χ1n) is 6.28. The Morgan fingerprint density at radius 2 is 1.55 bits per heavy atom. The number of thiocarbonyl (C=S) groups is 1. The lowest BCUT2D eigenvalue weighted by molar-refractivity contribution is 0.0977. The summed E-state index contributed by atoms with van der Waals surface area (Å²) in [6.45, 7) is 0. The maximum absolute atomic E-state index is 11.9. The van der Waals surface area contributed by atoms with Crippen LogP contribution in [0.15, 0.2) is 54.6 Å². The molecule has 3 amide bonds. The van der Waals surface area contributed by atoms with Crippen LogP contribution in [0.4, 0.5) is 10.5 Å². The van der Waals surface area contributed by atoms with Crippen LogP contribution in [-0.2, 0) is 0 Å². The van der Waals surface area contributed by atoms with Crippen LogP contribution in [0.1, 0.15) is 10.4 Å². The predicted octanol–water partition coefficient (Wildman–Crippen LogP) is 3.18. The molecule has 0 bridgehead atoms. The van der Waals surface area contributed by atoms with Gasteiger partial charge in [-0.05, 0) is 48.6 Å². The molecule has 22 heavy (non-hydrogen) atoms. The van der Waals surface area contributed by atoms with E-state index in [4.69, 9.17) is 23.8 Å². The topological polar surface area (TPSA) is 70.2 Å². The SMILES string of the molecule is O=C(NC(=S)NC(=O)c1ccc(Cl)cc1)Nc1ccccc1. The largest absolute Gasteiger partial charge is 0.325 e. The molecule has 0 radical (unpaired) electrons. The quantitative estimate of drug-likeness (QED) is 0.739. The van der Waals surface area contributed by atoms with Crippen LogP contribution in [0.5, 0.6) is 0 Å². The number of halogens is 1. The fourth-order valence-corrected chi connectivity index (χ4v) is 1.91. The summed E-state index contributed by atoms with van der Waals surface area (Å²) in [5, 5.41) is 7.80. The van der Waals surface area contributed by atoms with E-state index in [1.807, 2.05) is 6.07 Å². The molecule has 0 aliphatic heterocycles. The number of anilines is 1. The van der Waals surface area contributed by atoms with Crippen molar-refractivity contribution in [3.05, 3.63) is 65.2 Å². The number of urea groups is 1. The van der Waals surface area contributed by atoms with Crippen LogP contribution >= 0.6 is 23.8 Å². The van der Waals surface area contributed by atoms with Crippen molar-refractivity contribution in [1.29, 1.82) is 0 Å². The summed E-state index contributed by atoms with van der Waals surface area (Å²) in [4.78, 5) is 23.6. The van der Waals surface area contributed by atoms with Crippen LogP contribution in [0.3, 0.4) is 0 Å². The Labute approximate surface area is 137 Å². The Hall–Kier alpha value is -2.44. The average molecular weight is 334 g/mol. The third-order valence-corrected chi connectivity index (χ3v) is 3.05. The summed E-state index contributed by atoms with van der Waals surface area (Å²) in [7, 11) is 0. The third kappa shape index (κ3) is 4.83. The Bertz CT molecular complexity index is 690. The molecule has 0 saturated heterocycles. The van der Waals surface area contributed by atoms with E-state index in [1.54, 1.807) is 48.5 Å². The molecule has 7 heteroatoms. The zero-order valence-corrected chi connectivity index (χ0v) is 12.9. The Kier molecular flexibility index (Phi) is 5.46. The molecule has 0 aliphatic rings. The number of carbonyl (C=O) groups is 2. The van der Waals surface area contributed by atoms with Gasteiger partial charge in [0, 0.05) is 16.3 Å². The average Bonchev–Trinajstić information content (AvgIpc) is 2.48. The van der Waals surface area contributed by atoms with Crippen molar-refractivity contribution in [2.24, 2.45) is 0 Å².